The van der Waals surface area contributed by atoms with E-state index in [1.165, 1.54) is 4.90 Å². The number of rotatable bonds is 3. The van der Waals surface area contributed by atoms with Crippen molar-refractivity contribution in [1.29, 1.82) is 0 Å². The number of piperidine rings is 1. The summed E-state index contributed by atoms with van der Waals surface area (Å²) in [5.74, 6) is 0.726. The van der Waals surface area contributed by atoms with E-state index in [0.717, 1.165) is 24.3 Å². The number of benzene rings is 1. The highest BCUT2D eigenvalue weighted by Crippen LogP contribution is 2.26. The molecule has 0 aliphatic carbocycles. The van der Waals surface area contributed by atoms with Gasteiger partial charge in [0.15, 0.2) is 0 Å². The van der Waals surface area contributed by atoms with Gasteiger partial charge in [0, 0.05) is 25.2 Å². The topological polar surface area (TPSA) is 87.8 Å². The number of ether oxygens (including phenoxy) is 1. The maximum absolute atomic E-state index is 10.8. The van der Waals surface area contributed by atoms with Crippen LogP contribution in [0.1, 0.15) is 12.8 Å². The van der Waals surface area contributed by atoms with Crippen LogP contribution in [0, 0.1) is 0 Å². The Morgan fingerprint density at radius 3 is 2.68 bits per heavy atom. The summed E-state index contributed by atoms with van der Waals surface area (Å²) in [5.41, 5.74) is 7.45. The molecule has 0 aromatic heterocycles. The zero-order valence-electron chi connectivity index (χ0n) is 10.9. The van der Waals surface area contributed by atoms with Crippen molar-refractivity contribution in [3.8, 4) is 5.75 Å². The molecule has 19 heavy (non-hydrogen) atoms. The fourth-order valence-corrected chi connectivity index (χ4v) is 2.23. The second-order valence-corrected chi connectivity index (χ2v) is 4.64. The molecular formula is C13H19N3O3. The molecule has 0 spiro atoms. The molecule has 0 atom stereocenters. The summed E-state index contributed by atoms with van der Waals surface area (Å²) >= 11 is 0. The zero-order valence-corrected chi connectivity index (χ0v) is 10.9. The molecule has 2 rings (SSSR count). The number of nitrogens with two attached hydrogens (primary N) is 1. The number of nitrogens with zero attached hydrogens (tertiary/aromatic N) is 1. The number of carbonyl (C=O) groups is 1. The van der Waals surface area contributed by atoms with Gasteiger partial charge in [-0.2, -0.15) is 0 Å². The van der Waals surface area contributed by atoms with Crippen LogP contribution in [0.15, 0.2) is 18.2 Å². The zero-order chi connectivity index (χ0) is 13.8. The Labute approximate surface area is 112 Å². The summed E-state index contributed by atoms with van der Waals surface area (Å²) in [5, 5.41) is 12.2. The molecule has 1 saturated heterocycles. The largest absolute Gasteiger partial charge is 0.497 e. The number of nitrogen functional groups attached to an aromatic ring is 1. The number of hydrogen-bond donors (Lipinski definition) is 3. The number of anilines is 2. The molecule has 0 radical (unpaired) electrons. The molecule has 1 aliphatic rings. The highest BCUT2D eigenvalue weighted by atomic mass is 16.5. The van der Waals surface area contributed by atoms with E-state index in [2.05, 4.69) is 5.32 Å². The normalized spacial score (nSPS) is 16.2. The molecule has 1 heterocycles. The first-order valence-electron chi connectivity index (χ1n) is 6.28. The third-order valence-corrected chi connectivity index (χ3v) is 3.38. The summed E-state index contributed by atoms with van der Waals surface area (Å²) in [7, 11) is 1.60. The van der Waals surface area contributed by atoms with Gasteiger partial charge in [-0.15, -0.1) is 0 Å². The number of methoxy groups -OCH3 is 1. The maximum atomic E-state index is 10.8. The summed E-state index contributed by atoms with van der Waals surface area (Å²) < 4.78 is 5.10. The van der Waals surface area contributed by atoms with Gasteiger partial charge in [0.25, 0.3) is 0 Å². The number of likely N-dealkylation sites (tertiary alicyclic amines) is 1. The number of carboxylic acid groups (broad SMARTS) is 1. The summed E-state index contributed by atoms with van der Waals surface area (Å²) in [6.07, 6.45) is 0.734. The van der Waals surface area contributed by atoms with E-state index in [0.29, 0.717) is 18.8 Å². The smallest absolute Gasteiger partial charge is 0.407 e. The van der Waals surface area contributed by atoms with Gasteiger partial charge in [-0.25, -0.2) is 4.79 Å². The van der Waals surface area contributed by atoms with E-state index in [1.807, 2.05) is 12.1 Å². The molecule has 1 aliphatic heterocycles. The predicted octanol–water partition coefficient (Wildman–Crippen LogP) is 1.83. The molecule has 6 heteroatoms. The Morgan fingerprint density at radius 1 is 1.47 bits per heavy atom. The van der Waals surface area contributed by atoms with Crippen molar-refractivity contribution in [2.45, 2.75) is 18.9 Å². The van der Waals surface area contributed by atoms with Gasteiger partial charge < -0.3 is 25.8 Å². The monoisotopic (exact) mass is 265 g/mol. The second kappa shape index (κ2) is 5.69. The molecule has 1 amide bonds. The number of nitrogens with one attached hydrogen (secondary N) is 1. The standard InChI is InChI=1S/C13H19N3O3/c1-19-10-2-3-12(11(14)8-10)15-9-4-6-16(7-5-9)13(17)18/h2-3,8-9,15H,4-7,14H2,1H3,(H,17,18). The predicted molar refractivity (Wildman–Crippen MR) is 73.6 cm³/mol. The minimum atomic E-state index is -0.845. The van der Waals surface area contributed by atoms with E-state index >= 15 is 0 Å². The molecule has 1 aromatic rings. The van der Waals surface area contributed by atoms with Crippen molar-refractivity contribution in [3.63, 3.8) is 0 Å². The van der Waals surface area contributed by atoms with Crippen molar-refractivity contribution < 1.29 is 14.6 Å². The summed E-state index contributed by atoms with van der Waals surface area (Å²) in [4.78, 5) is 12.3. The third kappa shape index (κ3) is 3.21. The minimum absolute atomic E-state index is 0.256. The van der Waals surface area contributed by atoms with Gasteiger partial charge >= 0.3 is 6.09 Å². The fourth-order valence-electron chi connectivity index (χ4n) is 2.23. The molecule has 0 unspecified atom stereocenters. The van der Waals surface area contributed by atoms with Crippen LogP contribution in [-0.4, -0.2) is 42.3 Å². The lowest BCUT2D eigenvalue weighted by molar-refractivity contribution is 0.134. The van der Waals surface area contributed by atoms with Crippen LogP contribution in [-0.2, 0) is 0 Å². The lowest BCUT2D eigenvalue weighted by atomic mass is 10.0. The SMILES string of the molecule is COc1ccc(NC2CCN(C(=O)O)CC2)c(N)c1. The van der Waals surface area contributed by atoms with E-state index in [9.17, 15) is 4.79 Å². The van der Waals surface area contributed by atoms with E-state index in [1.54, 1.807) is 13.2 Å². The van der Waals surface area contributed by atoms with Gasteiger partial charge in [0.1, 0.15) is 5.75 Å². The lowest BCUT2D eigenvalue weighted by Gasteiger charge is -2.31. The van der Waals surface area contributed by atoms with Crippen LogP contribution in [0.25, 0.3) is 0 Å². The molecule has 6 nitrogen and oxygen atoms in total. The average Bonchev–Trinajstić information content (AvgIpc) is 2.41. The molecule has 0 saturated carbocycles. The highest BCUT2D eigenvalue weighted by Gasteiger charge is 2.22. The molecule has 4 N–H and O–H groups in total. The Bertz CT molecular complexity index is 456. The Balaban J connectivity index is 1.94. The Hall–Kier alpha value is -2.11. The first kappa shape index (κ1) is 13.3. The molecule has 1 aromatic carbocycles. The Kier molecular flexibility index (Phi) is 3.99. The van der Waals surface area contributed by atoms with Crippen molar-refractivity contribution in [3.05, 3.63) is 18.2 Å². The van der Waals surface area contributed by atoms with Crippen LogP contribution in [0.4, 0.5) is 16.2 Å². The summed E-state index contributed by atoms with van der Waals surface area (Å²) in [6.45, 7) is 1.12. The van der Waals surface area contributed by atoms with Gasteiger partial charge in [-0.1, -0.05) is 0 Å². The quantitative estimate of drug-likeness (QED) is 0.726. The average molecular weight is 265 g/mol. The van der Waals surface area contributed by atoms with Crippen LogP contribution >= 0.6 is 0 Å². The third-order valence-electron chi connectivity index (χ3n) is 3.38. The maximum Gasteiger partial charge on any atom is 0.407 e. The molecule has 104 valence electrons. The second-order valence-electron chi connectivity index (χ2n) is 4.64. The van der Waals surface area contributed by atoms with E-state index in [-0.39, 0.29) is 6.04 Å². The van der Waals surface area contributed by atoms with Gasteiger partial charge in [-0.3, -0.25) is 0 Å². The van der Waals surface area contributed by atoms with Gasteiger partial charge in [0.2, 0.25) is 0 Å². The van der Waals surface area contributed by atoms with Crippen LogP contribution in [0.3, 0.4) is 0 Å². The van der Waals surface area contributed by atoms with E-state index in [4.69, 9.17) is 15.6 Å². The minimum Gasteiger partial charge on any atom is -0.497 e. The number of amides is 1. The van der Waals surface area contributed by atoms with Crippen LogP contribution in [0.2, 0.25) is 0 Å². The van der Waals surface area contributed by atoms with Crippen molar-refractivity contribution in [1.82, 2.24) is 4.90 Å². The van der Waals surface area contributed by atoms with Gasteiger partial charge in [-0.05, 0) is 25.0 Å². The highest BCUT2D eigenvalue weighted by molar-refractivity contribution is 5.68. The van der Waals surface area contributed by atoms with Crippen LogP contribution < -0.4 is 15.8 Å². The van der Waals surface area contributed by atoms with Crippen LogP contribution in [0.5, 0.6) is 5.75 Å². The first-order chi connectivity index (χ1) is 9.10. The fraction of sp³-hybridized carbons (Fsp3) is 0.462. The lowest BCUT2D eigenvalue weighted by Crippen LogP contribution is -2.41. The first-order valence-corrected chi connectivity index (χ1v) is 6.28. The molecule has 1 fully saturated rings. The van der Waals surface area contributed by atoms with Crippen molar-refractivity contribution in [2.75, 3.05) is 31.2 Å². The number of hydrogen-bond acceptors (Lipinski definition) is 4. The van der Waals surface area contributed by atoms with E-state index < -0.39 is 6.09 Å². The van der Waals surface area contributed by atoms with Gasteiger partial charge in [0.05, 0.1) is 18.5 Å². The van der Waals surface area contributed by atoms with Crippen molar-refractivity contribution >= 4 is 17.5 Å². The Morgan fingerprint density at radius 2 is 2.16 bits per heavy atom. The molecule has 0 bridgehead atoms. The van der Waals surface area contributed by atoms with Crippen molar-refractivity contribution in [2.24, 2.45) is 0 Å². The molecular weight excluding hydrogens is 246 g/mol. The summed E-state index contributed by atoms with van der Waals surface area (Å²) in [6, 6.07) is 5.77.